The highest BCUT2D eigenvalue weighted by Gasteiger charge is 2.70. The standard InChI is InChI=1S/C33H50N4O6/c1-31(2,3)26(36-30(42)43-33-13-18-9-19(14-33)11-20(10-18)15-33)29(41)37-16-21-23(32(21,4)5)24(37)28(40)35-22(25(38)27(34)39)12-17-7-6-8-17/h17-24,26H,6-16H2,1-5H3,(H2,34,39)(H,35,40)(H,36,42)/t18?,19?,20?,21?,22?,23?,24-,26+,33?/m0/s1. The molecule has 238 valence electrons. The normalized spacial score (nSPS) is 36.6. The van der Waals surface area contributed by atoms with Gasteiger partial charge in [0.1, 0.15) is 17.7 Å². The minimum absolute atomic E-state index is 0.0796. The summed E-state index contributed by atoms with van der Waals surface area (Å²) in [6.07, 6.45) is 9.17. The Labute approximate surface area is 255 Å². The average Bonchev–Trinajstić information content (AvgIpc) is 3.18. The number of carbonyl (C=O) groups excluding carboxylic acids is 5. The molecular formula is C33H50N4O6. The molecule has 7 aliphatic rings. The Morgan fingerprint density at radius 3 is 2.02 bits per heavy atom. The van der Waals surface area contributed by atoms with Crippen molar-refractivity contribution in [1.82, 2.24) is 15.5 Å². The zero-order chi connectivity index (χ0) is 31.1. The van der Waals surface area contributed by atoms with Crippen LogP contribution in [0.15, 0.2) is 0 Å². The molecule has 0 radical (unpaired) electrons. The maximum Gasteiger partial charge on any atom is 0.408 e. The number of carbonyl (C=O) groups is 5. The number of nitrogens with two attached hydrogens (primary N) is 1. The van der Waals surface area contributed by atoms with Crippen molar-refractivity contribution >= 4 is 29.6 Å². The molecule has 4 amide bonds. The number of fused-ring (bicyclic) bond motifs is 1. The number of nitrogens with one attached hydrogen (secondary N) is 2. The quantitative estimate of drug-likeness (QED) is 0.347. The van der Waals surface area contributed by atoms with Crippen molar-refractivity contribution in [3.05, 3.63) is 0 Å². The molecule has 1 aliphatic heterocycles. The summed E-state index contributed by atoms with van der Waals surface area (Å²) in [5, 5.41) is 5.76. The van der Waals surface area contributed by atoms with Crippen molar-refractivity contribution in [2.45, 2.75) is 123 Å². The number of primary amides is 1. The average molecular weight is 599 g/mol. The largest absolute Gasteiger partial charge is 0.443 e. The molecule has 4 bridgehead atoms. The molecule has 43 heavy (non-hydrogen) atoms. The first-order valence-corrected chi connectivity index (χ1v) is 16.5. The first-order valence-electron chi connectivity index (χ1n) is 16.5. The number of hydrogen-bond donors (Lipinski definition) is 3. The van der Waals surface area contributed by atoms with Gasteiger partial charge in [-0.2, -0.15) is 0 Å². The number of alkyl carbamates (subject to hydrolysis) is 1. The van der Waals surface area contributed by atoms with Crippen LogP contribution in [0.5, 0.6) is 0 Å². The van der Waals surface area contributed by atoms with Crippen LogP contribution in [0, 0.1) is 46.3 Å². The fourth-order valence-electron chi connectivity index (χ4n) is 9.85. The first kappa shape index (κ1) is 30.4. The predicted molar refractivity (Wildman–Crippen MR) is 158 cm³/mol. The van der Waals surface area contributed by atoms with Crippen molar-refractivity contribution in [2.24, 2.45) is 52.1 Å². The molecule has 5 atom stereocenters. The molecule has 6 saturated carbocycles. The summed E-state index contributed by atoms with van der Waals surface area (Å²) >= 11 is 0. The molecule has 0 aromatic heterocycles. The van der Waals surface area contributed by atoms with Gasteiger partial charge in [-0.05, 0) is 91.3 Å². The highest BCUT2D eigenvalue weighted by Crippen LogP contribution is 2.65. The summed E-state index contributed by atoms with van der Waals surface area (Å²) in [5.41, 5.74) is 4.12. The second kappa shape index (κ2) is 10.5. The highest BCUT2D eigenvalue weighted by atomic mass is 16.6. The number of piperidine rings is 1. The summed E-state index contributed by atoms with van der Waals surface area (Å²) in [4.78, 5) is 67.7. The van der Waals surface area contributed by atoms with Crippen molar-refractivity contribution < 1.29 is 28.7 Å². The minimum Gasteiger partial charge on any atom is -0.443 e. The Balaban J connectivity index is 1.18. The molecule has 6 aliphatic carbocycles. The molecule has 10 nitrogen and oxygen atoms in total. The van der Waals surface area contributed by atoms with Gasteiger partial charge in [-0.15, -0.1) is 0 Å². The Hall–Kier alpha value is -2.65. The Morgan fingerprint density at radius 2 is 1.53 bits per heavy atom. The number of rotatable bonds is 9. The van der Waals surface area contributed by atoms with Crippen LogP contribution < -0.4 is 16.4 Å². The molecule has 4 N–H and O–H groups in total. The van der Waals surface area contributed by atoms with Gasteiger partial charge < -0.3 is 26.0 Å². The third-order valence-electron chi connectivity index (χ3n) is 12.1. The zero-order valence-electron chi connectivity index (χ0n) is 26.4. The van der Waals surface area contributed by atoms with Gasteiger partial charge in [-0.3, -0.25) is 19.2 Å². The van der Waals surface area contributed by atoms with Crippen molar-refractivity contribution in [1.29, 1.82) is 0 Å². The van der Waals surface area contributed by atoms with Crippen LogP contribution in [-0.4, -0.2) is 64.8 Å². The summed E-state index contributed by atoms with van der Waals surface area (Å²) in [5.74, 6) is -0.466. The van der Waals surface area contributed by atoms with Gasteiger partial charge in [-0.25, -0.2) is 4.79 Å². The van der Waals surface area contributed by atoms with E-state index in [0.717, 1.165) is 38.5 Å². The van der Waals surface area contributed by atoms with E-state index in [9.17, 15) is 24.0 Å². The molecule has 0 aromatic rings. The highest BCUT2D eigenvalue weighted by molar-refractivity contribution is 6.37. The maximum absolute atomic E-state index is 14.3. The molecule has 1 saturated heterocycles. The summed E-state index contributed by atoms with van der Waals surface area (Å²) in [6, 6.07) is -2.70. The topological polar surface area (TPSA) is 148 Å². The number of hydrogen-bond acceptors (Lipinski definition) is 6. The van der Waals surface area contributed by atoms with Gasteiger partial charge >= 0.3 is 6.09 Å². The van der Waals surface area contributed by atoms with E-state index in [1.54, 1.807) is 4.90 Å². The fourth-order valence-corrected chi connectivity index (χ4v) is 9.85. The molecule has 7 fully saturated rings. The summed E-state index contributed by atoms with van der Waals surface area (Å²) in [7, 11) is 0. The van der Waals surface area contributed by atoms with Gasteiger partial charge in [0.2, 0.25) is 17.6 Å². The predicted octanol–water partition coefficient (Wildman–Crippen LogP) is 3.31. The van der Waals surface area contributed by atoms with Crippen molar-refractivity contribution in [3.8, 4) is 0 Å². The van der Waals surface area contributed by atoms with E-state index in [-0.39, 0.29) is 29.1 Å². The maximum atomic E-state index is 14.3. The Kier molecular flexibility index (Phi) is 7.40. The second-order valence-electron chi connectivity index (χ2n) is 16.6. The number of ketones is 1. The van der Waals surface area contributed by atoms with E-state index in [2.05, 4.69) is 24.5 Å². The molecule has 1 heterocycles. The van der Waals surface area contributed by atoms with Crippen LogP contribution in [0.4, 0.5) is 4.79 Å². The molecule has 0 aromatic carbocycles. The Bertz CT molecular complexity index is 1170. The molecule has 10 heteroatoms. The molecule has 0 spiro atoms. The third kappa shape index (κ3) is 5.56. The van der Waals surface area contributed by atoms with Gasteiger partial charge in [-0.1, -0.05) is 53.9 Å². The van der Waals surface area contributed by atoms with E-state index >= 15 is 0 Å². The second-order valence-corrected chi connectivity index (χ2v) is 16.6. The lowest BCUT2D eigenvalue weighted by atomic mass is 9.54. The van der Waals surface area contributed by atoms with Crippen LogP contribution in [-0.2, 0) is 23.9 Å². The summed E-state index contributed by atoms with van der Waals surface area (Å²) in [6.45, 7) is 10.3. The monoisotopic (exact) mass is 598 g/mol. The number of likely N-dealkylation sites (tertiary alicyclic amines) is 1. The van der Waals surface area contributed by atoms with Gasteiger partial charge in [0, 0.05) is 6.54 Å². The van der Waals surface area contributed by atoms with E-state index in [0.29, 0.717) is 30.7 Å². The lowest BCUT2D eigenvalue weighted by Gasteiger charge is -2.55. The van der Waals surface area contributed by atoms with Gasteiger partial charge in [0.05, 0.1) is 6.04 Å². The van der Waals surface area contributed by atoms with Gasteiger partial charge in [0.25, 0.3) is 5.91 Å². The van der Waals surface area contributed by atoms with Gasteiger partial charge in [0.15, 0.2) is 0 Å². The molecule has 3 unspecified atom stereocenters. The first-order chi connectivity index (χ1) is 20.1. The fraction of sp³-hybridized carbons (Fsp3) is 0.848. The minimum atomic E-state index is -1.07. The number of Topliss-reactive ketones (excluding diaryl/α,β-unsaturated/α-hetero) is 1. The van der Waals surface area contributed by atoms with E-state index < -0.39 is 52.8 Å². The molecular weight excluding hydrogens is 548 g/mol. The number of amides is 4. The van der Waals surface area contributed by atoms with Crippen molar-refractivity contribution in [3.63, 3.8) is 0 Å². The van der Waals surface area contributed by atoms with Crippen LogP contribution in [0.3, 0.4) is 0 Å². The van der Waals surface area contributed by atoms with Crippen LogP contribution in [0.1, 0.15) is 98.8 Å². The third-order valence-corrected chi connectivity index (χ3v) is 12.1. The number of ether oxygens (including phenoxy) is 1. The van der Waals surface area contributed by atoms with E-state index in [4.69, 9.17) is 10.5 Å². The van der Waals surface area contributed by atoms with Crippen LogP contribution >= 0.6 is 0 Å². The van der Waals surface area contributed by atoms with E-state index in [1.165, 1.54) is 19.3 Å². The molecule has 7 rings (SSSR count). The smallest absolute Gasteiger partial charge is 0.408 e. The summed E-state index contributed by atoms with van der Waals surface area (Å²) < 4.78 is 6.20. The van der Waals surface area contributed by atoms with E-state index in [1.807, 2.05) is 20.8 Å². The lowest BCUT2D eigenvalue weighted by Crippen LogP contribution is -2.61. The van der Waals surface area contributed by atoms with Crippen LogP contribution in [0.25, 0.3) is 0 Å². The number of nitrogens with zero attached hydrogens (tertiary/aromatic N) is 1. The van der Waals surface area contributed by atoms with Crippen LogP contribution in [0.2, 0.25) is 0 Å². The Morgan fingerprint density at radius 1 is 0.953 bits per heavy atom. The SMILES string of the molecule is CC1(C)C2CN(C(=O)[C@@H](NC(=O)OC34CC5CC(CC(C5)C3)C4)C(C)(C)C)[C@H](C(=O)NC(CC3CCC3)C(=O)C(N)=O)C21. The van der Waals surface area contributed by atoms with Crippen molar-refractivity contribution in [2.75, 3.05) is 6.54 Å². The lowest BCUT2D eigenvalue weighted by molar-refractivity contribution is -0.146. The zero-order valence-corrected chi connectivity index (χ0v) is 26.4.